The van der Waals surface area contributed by atoms with E-state index in [0.717, 1.165) is 12.0 Å². The van der Waals surface area contributed by atoms with Crippen LogP contribution < -0.4 is 5.32 Å². The molecular formula is C12H15F3N2O3S. The van der Waals surface area contributed by atoms with Gasteiger partial charge in [0.25, 0.3) is 0 Å². The third-order valence-electron chi connectivity index (χ3n) is 3.13. The number of halogens is 3. The van der Waals surface area contributed by atoms with Gasteiger partial charge in [-0.1, -0.05) is 6.07 Å². The fourth-order valence-electron chi connectivity index (χ4n) is 2.18. The second-order valence-electron chi connectivity index (χ2n) is 4.67. The number of aliphatic hydroxyl groups is 1. The number of nitrogens with zero attached hydrogens (tertiary/aromatic N) is 1. The molecule has 0 aromatic heterocycles. The van der Waals surface area contributed by atoms with Gasteiger partial charge in [-0.15, -0.1) is 0 Å². The Hall–Kier alpha value is -1.32. The molecule has 1 aromatic carbocycles. The lowest BCUT2D eigenvalue weighted by atomic mass is 10.2. The largest absolute Gasteiger partial charge is 0.402 e. The van der Waals surface area contributed by atoms with E-state index in [1.165, 1.54) is 12.1 Å². The first-order valence-electron chi connectivity index (χ1n) is 6.28. The number of aliphatic hydroxyl groups excluding tert-OH is 1. The van der Waals surface area contributed by atoms with Crippen molar-refractivity contribution in [3.8, 4) is 0 Å². The molecule has 0 radical (unpaired) electrons. The summed E-state index contributed by atoms with van der Waals surface area (Å²) in [6.07, 6.45) is -3.92. The molecule has 2 rings (SSSR count). The lowest BCUT2D eigenvalue weighted by molar-refractivity contribution is -0.136. The van der Waals surface area contributed by atoms with Crippen LogP contribution in [0.3, 0.4) is 0 Å². The number of hydrogen-bond donors (Lipinski definition) is 2. The number of fused-ring (bicyclic) bond motifs is 1. The van der Waals surface area contributed by atoms with Gasteiger partial charge in [0.15, 0.2) is 0 Å². The number of hydrogen-bond acceptors (Lipinski definition) is 4. The van der Waals surface area contributed by atoms with Crippen LogP contribution in [0.15, 0.2) is 23.1 Å². The van der Waals surface area contributed by atoms with Gasteiger partial charge in [0.1, 0.15) is 6.54 Å². The molecule has 0 atom stereocenters. The van der Waals surface area contributed by atoms with Crippen molar-refractivity contribution in [1.29, 1.82) is 0 Å². The molecule has 0 fully saturated rings. The molecule has 1 aliphatic heterocycles. The van der Waals surface area contributed by atoms with E-state index in [9.17, 15) is 21.6 Å². The molecule has 0 bridgehead atoms. The van der Waals surface area contributed by atoms with Crippen molar-refractivity contribution in [2.24, 2.45) is 0 Å². The molecule has 5 nitrogen and oxygen atoms in total. The van der Waals surface area contributed by atoms with E-state index in [0.29, 0.717) is 12.2 Å². The molecule has 21 heavy (non-hydrogen) atoms. The summed E-state index contributed by atoms with van der Waals surface area (Å²) < 4.78 is 62.3. The topological polar surface area (TPSA) is 69.6 Å². The summed E-state index contributed by atoms with van der Waals surface area (Å²) in [6, 6.07) is 4.22. The van der Waals surface area contributed by atoms with Crippen LogP contribution >= 0.6 is 0 Å². The van der Waals surface area contributed by atoms with Crippen molar-refractivity contribution in [1.82, 2.24) is 4.31 Å². The molecular weight excluding hydrogens is 309 g/mol. The van der Waals surface area contributed by atoms with E-state index in [2.05, 4.69) is 5.32 Å². The molecule has 0 unspecified atom stereocenters. The number of anilines is 1. The van der Waals surface area contributed by atoms with Crippen LogP contribution in [-0.2, 0) is 16.4 Å². The Kier molecular flexibility index (Phi) is 4.45. The second-order valence-corrected chi connectivity index (χ2v) is 6.61. The van der Waals surface area contributed by atoms with Gasteiger partial charge in [0, 0.05) is 18.8 Å². The summed E-state index contributed by atoms with van der Waals surface area (Å²) in [7, 11) is -4.30. The zero-order chi connectivity index (χ0) is 15.7. The van der Waals surface area contributed by atoms with E-state index in [4.69, 9.17) is 5.11 Å². The molecule has 0 spiro atoms. The van der Waals surface area contributed by atoms with Crippen molar-refractivity contribution in [2.75, 3.05) is 31.6 Å². The maximum absolute atomic E-state index is 12.5. The highest BCUT2D eigenvalue weighted by Gasteiger charge is 2.37. The SMILES string of the molecule is O=S(=O)(c1ccc2c(c1)NCC2)N(CCO)CC(F)(F)F. The van der Waals surface area contributed by atoms with E-state index >= 15 is 0 Å². The Morgan fingerprint density at radius 3 is 2.67 bits per heavy atom. The number of sulfonamides is 1. The predicted octanol–water partition coefficient (Wildman–Crippen LogP) is 1.20. The summed E-state index contributed by atoms with van der Waals surface area (Å²) in [6.45, 7) is -2.24. The van der Waals surface area contributed by atoms with Crippen LogP contribution in [0.25, 0.3) is 0 Å². The van der Waals surface area contributed by atoms with Crippen molar-refractivity contribution in [3.63, 3.8) is 0 Å². The van der Waals surface area contributed by atoms with E-state index in [-0.39, 0.29) is 9.20 Å². The van der Waals surface area contributed by atoms with Gasteiger partial charge in [-0.25, -0.2) is 8.42 Å². The minimum absolute atomic E-state index is 0.214. The van der Waals surface area contributed by atoms with E-state index in [1.807, 2.05) is 0 Å². The number of benzene rings is 1. The molecule has 1 heterocycles. The average Bonchev–Trinajstić information content (AvgIpc) is 2.83. The minimum atomic E-state index is -4.67. The van der Waals surface area contributed by atoms with Crippen LogP contribution in [0.1, 0.15) is 5.56 Å². The van der Waals surface area contributed by atoms with Gasteiger partial charge in [-0.2, -0.15) is 17.5 Å². The maximum Gasteiger partial charge on any atom is 0.402 e. The first kappa shape index (κ1) is 16.1. The van der Waals surface area contributed by atoms with Gasteiger partial charge in [0.05, 0.1) is 11.5 Å². The predicted molar refractivity (Wildman–Crippen MR) is 70.5 cm³/mol. The van der Waals surface area contributed by atoms with E-state index in [1.54, 1.807) is 6.07 Å². The lowest BCUT2D eigenvalue weighted by Gasteiger charge is -2.22. The minimum Gasteiger partial charge on any atom is -0.395 e. The number of nitrogens with one attached hydrogen (secondary N) is 1. The van der Waals surface area contributed by atoms with Gasteiger partial charge in [-0.05, 0) is 24.1 Å². The van der Waals surface area contributed by atoms with Crippen LogP contribution in [0, 0.1) is 0 Å². The first-order valence-corrected chi connectivity index (χ1v) is 7.72. The Morgan fingerprint density at radius 2 is 2.05 bits per heavy atom. The van der Waals surface area contributed by atoms with Crippen molar-refractivity contribution in [2.45, 2.75) is 17.5 Å². The van der Waals surface area contributed by atoms with Crippen LogP contribution in [0.2, 0.25) is 0 Å². The molecule has 9 heteroatoms. The van der Waals surface area contributed by atoms with Crippen molar-refractivity contribution >= 4 is 15.7 Å². The summed E-state index contributed by atoms with van der Waals surface area (Å²) in [5.41, 5.74) is 1.55. The number of alkyl halides is 3. The fraction of sp³-hybridized carbons (Fsp3) is 0.500. The fourth-order valence-corrected chi connectivity index (χ4v) is 3.62. The van der Waals surface area contributed by atoms with E-state index < -0.39 is 35.9 Å². The zero-order valence-corrected chi connectivity index (χ0v) is 11.8. The zero-order valence-electron chi connectivity index (χ0n) is 11.0. The van der Waals surface area contributed by atoms with Crippen LogP contribution in [-0.4, -0.2) is 50.2 Å². The summed E-state index contributed by atoms with van der Waals surface area (Å²) in [4.78, 5) is -0.214. The molecule has 0 saturated heterocycles. The lowest BCUT2D eigenvalue weighted by Crippen LogP contribution is -2.40. The Balaban J connectivity index is 2.33. The molecule has 2 N–H and O–H groups in total. The average molecular weight is 324 g/mol. The Morgan fingerprint density at radius 1 is 1.33 bits per heavy atom. The highest BCUT2D eigenvalue weighted by atomic mass is 32.2. The molecule has 118 valence electrons. The maximum atomic E-state index is 12.5. The Labute approximate surface area is 120 Å². The van der Waals surface area contributed by atoms with Crippen molar-refractivity contribution in [3.05, 3.63) is 23.8 Å². The van der Waals surface area contributed by atoms with Crippen LogP contribution in [0.5, 0.6) is 0 Å². The summed E-state index contributed by atoms with van der Waals surface area (Å²) in [5, 5.41) is 11.8. The first-order chi connectivity index (χ1) is 9.74. The van der Waals surface area contributed by atoms with Gasteiger partial charge >= 0.3 is 6.18 Å². The summed E-state index contributed by atoms with van der Waals surface area (Å²) in [5.74, 6) is 0. The standard InChI is InChI=1S/C12H15F3N2O3S/c13-12(14,15)8-17(5-6-18)21(19,20)10-2-1-9-3-4-16-11(9)7-10/h1-2,7,16,18H,3-6,8H2. The van der Waals surface area contributed by atoms with Gasteiger partial charge < -0.3 is 10.4 Å². The highest BCUT2D eigenvalue weighted by molar-refractivity contribution is 7.89. The smallest absolute Gasteiger partial charge is 0.395 e. The number of rotatable bonds is 5. The molecule has 0 aliphatic carbocycles. The van der Waals surface area contributed by atoms with Gasteiger partial charge in [-0.3, -0.25) is 0 Å². The highest BCUT2D eigenvalue weighted by Crippen LogP contribution is 2.28. The van der Waals surface area contributed by atoms with Crippen molar-refractivity contribution < 1.29 is 26.7 Å². The second kappa shape index (κ2) is 5.82. The monoisotopic (exact) mass is 324 g/mol. The third-order valence-corrected chi connectivity index (χ3v) is 4.98. The third kappa shape index (κ3) is 3.66. The van der Waals surface area contributed by atoms with Gasteiger partial charge in [0.2, 0.25) is 10.0 Å². The molecule has 0 saturated carbocycles. The molecule has 1 aromatic rings. The quantitative estimate of drug-likeness (QED) is 0.854. The van der Waals surface area contributed by atoms with Crippen LogP contribution in [0.4, 0.5) is 18.9 Å². The Bertz CT molecular complexity index is 617. The molecule has 0 amide bonds. The summed E-state index contributed by atoms with van der Waals surface area (Å²) >= 11 is 0. The molecule has 1 aliphatic rings. The normalized spacial score (nSPS) is 15.1.